The van der Waals surface area contributed by atoms with Gasteiger partial charge in [-0.1, -0.05) is 86.1 Å². The van der Waals surface area contributed by atoms with Crippen LogP contribution in [0.1, 0.15) is 25.3 Å². The minimum Gasteiger partial charge on any atom is -0.176 e. The fourth-order valence-electron chi connectivity index (χ4n) is 3.84. The van der Waals surface area contributed by atoms with Gasteiger partial charge in [-0.3, -0.25) is 0 Å². The van der Waals surface area contributed by atoms with Crippen LogP contribution < -0.4 is 0 Å². The molecular weight excluding hydrogens is 332 g/mol. The van der Waals surface area contributed by atoms with E-state index >= 15 is 0 Å². The highest BCUT2D eigenvalue weighted by molar-refractivity contribution is 7.80. The lowest BCUT2D eigenvalue weighted by atomic mass is 9.91. The summed E-state index contributed by atoms with van der Waals surface area (Å²) in [5.74, 6) is 0. The molecule has 0 amide bonds. The van der Waals surface area contributed by atoms with Crippen LogP contribution in [0.25, 0.3) is 32.7 Å². The molecule has 0 nitrogen and oxygen atoms in total. The molecule has 0 aliphatic carbocycles. The fraction of sp³-hybridized carbons (Fsp3) is 0.200. The van der Waals surface area contributed by atoms with Crippen LogP contribution in [-0.2, 0) is 6.42 Å². The number of rotatable bonds is 5. The van der Waals surface area contributed by atoms with Crippen LogP contribution in [0.4, 0.5) is 0 Å². The maximum atomic E-state index is 4.71. The zero-order valence-electron chi connectivity index (χ0n) is 15.2. The molecule has 0 aromatic heterocycles. The molecule has 0 radical (unpaired) electrons. The van der Waals surface area contributed by atoms with Crippen molar-refractivity contribution in [2.45, 2.75) is 31.4 Å². The van der Waals surface area contributed by atoms with Crippen molar-refractivity contribution >= 4 is 34.2 Å². The Hall–Kier alpha value is -2.25. The van der Waals surface area contributed by atoms with Crippen LogP contribution in [0.2, 0.25) is 0 Å². The first kappa shape index (κ1) is 17.2. The Balaban J connectivity index is 1.82. The summed E-state index contributed by atoms with van der Waals surface area (Å²) in [6.07, 6.45) is 3.39. The smallest absolute Gasteiger partial charge is 0.00571 e. The van der Waals surface area contributed by atoms with Crippen LogP contribution in [0, 0.1) is 0 Å². The first-order valence-electron chi connectivity index (χ1n) is 9.44. The molecule has 1 unspecified atom stereocenters. The van der Waals surface area contributed by atoms with Gasteiger partial charge in [0.15, 0.2) is 0 Å². The van der Waals surface area contributed by atoms with Gasteiger partial charge < -0.3 is 0 Å². The number of hydrogen-bond acceptors (Lipinski definition) is 1. The summed E-state index contributed by atoms with van der Waals surface area (Å²) in [6.45, 7) is 2.22. The van der Waals surface area contributed by atoms with E-state index in [4.69, 9.17) is 12.6 Å². The molecule has 1 heteroatoms. The van der Waals surface area contributed by atoms with E-state index in [9.17, 15) is 0 Å². The van der Waals surface area contributed by atoms with E-state index in [-0.39, 0.29) is 0 Å². The third-order valence-electron chi connectivity index (χ3n) is 5.11. The molecule has 0 fully saturated rings. The molecule has 0 heterocycles. The van der Waals surface area contributed by atoms with Gasteiger partial charge in [0.05, 0.1) is 0 Å². The van der Waals surface area contributed by atoms with Crippen molar-refractivity contribution in [2.24, 2.45) is 0 Å². The Kier molecular flexibility index (Phi) is 4.99. The Morgan fingerprint density at radius 3 is 1.92 bits per heavy atom. The number of benzene rings is 4. The maximum Gasteiger partial charge on any atom is 0.00571 e. The van der Waals surface area contributed by atoms with Crippen molar-refractivity contribution < 1.29 is 0 Å². The molecule has 0 N–H and O–H groups in total. The Morgan fingerprint density at radius 2 is 1.35 bits per heavy atom. The monoisotopic (exact) mass is 356 g/mol. The van der Waals surface area contributed by atoms with Gasteiger partial charge in [-0.2, -0.15) is 12.6 Å². The van der Waals surface area contributed by atoms with Gasteiger partial charge in [0, 0.05) is 5.25 Å². The highest BCUT2D eigenvalue weighted by Gasteiger charge is 2.10. The normalized spacial score (nSPS) is 12.5. The molecular formula is C25H24S. The van der Waals surface area contributed by atoms with Gasteiger partial charge in [0.25, 0.3) is 0 Å². The van der Waals surface area contributed by atoms with Gasteiger partial charge in [-0.05, 0) is 57.1 Å². The minimum atomic E-state index is 0.448. The van der Waals surface area contributed by atoms with E-state index in [1.807, 2.05) is 0 Å². The van der Waals surface area contributed by atoms with Crippen molar-refractivity contribution in [3.05, 3.63) is 84.4 Å². The molecule has 0 aliphatic rings. The van der Waals surface area contributed by atoms with E-state index in [2.05, 4.69) is 85.8 Å². The SMILES string of the molecule is CCCC(S)Cc1ccc(-c2c3ccccc3cc3ccccc23)cc1. The second-order valence-electron chi connectivity index (χ2n) is 7.04. The van der Waals surface area contributed by atoms with Gasteiger partial charge >= 0.3 is 0 Å². The summed E-state index contributed by atoms with van der Waals surface area (Å²) in [6, 6.07) is 28.7. The van der Waals surface area contributed by atoms with Gasteiger partial charge in [-0.25, -0.2) is 0 Å². The molecule has 4 aromatic rings. The first-order valence-corrected chi connectivity index (χ1v) is 9.96. The predicted octanol–water partition coefficient (Wildman–Crippen LogP) is 7.30. The lowest BCUT2D eigenvalue weighted by molar-refractivity contribution is 0.739. The molecule has 0 saturated heterocycles. The van der Waals surface area contributed by atoms with Crippen molar-refractivity contribution in [3.8, 4) is 11.1 Å². The molecule has 26 heavy (non-hydrogen) atoms. The molecule has 4 rings (SSSR count). The third-order valence-corrected chi connectivity index (χ3v) is 5.55. The zero-order chi connectivity index (χ0) is 17.9. The molecule has 130 valence electrons. The van der Waals surface area contributed by atoms with Gasteiger partial charge in [-0.15, -0.1) is 0 Å². The fourth-order valence-corrected chi connectivity index (χ4v) is 4.31. The Bertz CT molecular complexity index is 977. The zero-order valence-corrected chi connectivity index (χ0v) is 16.0. The number of hydrogen-bond donors (Lipinski definition) is 1. The standard InChI is InChI=1S/C25H24S/c1-2-7-22(26)16-18-12-14-19(15-13-18)25-23-10-5-3-8-20(23)17-21-9-4-6-11-24(21)25/h3-6,8-15,17,22,26H,2,7,16H2,1H3. The van der Waals surface area contributed by atoms with Crippen molar-refractivity contribution in [1.29, 1.82) is 0 Å². The summed E-state index contributed by atoms with van der Waals surface area (Å²) >= 11 is 4.71. The summed E-state index contributed by atoms with van der Waals surface area (Å²) < 4.78 is 0. The molecule has 0 spiro atoms. The molecule has 0 saturated carbocycles. The van der Waals surface area contributed by atoms with Crippen LogP contribution in [0.5, 0.6) is 0 Å². The average molecular weight is 357 g/mol. The molecule has 4 aromatic carbocycles. The van der Waals surface area contributed by atoms with Crippen LogP contribution >= 0.6 is 12.6 Å². The van der Waals surface area contributed by atoms with Crippen molar-refractivity contribution in [2.75, 3.05) is 0 Å². The summed E-state index contributed by atoms with van der Waals surface area (Å²) in [5.41, 5.74) is 3.99. The minimum absolute atomic E-state index is 0.448. The largest absolute Gasteiger partial charge is 0.176 e. The highest BCUT2D eigenvalue weighted by Crippen LogP contribution is 2.36. The summed E-state index contributed by atoms with van der Waals surface area (Å²) in [4.78, 5) is 0. The average Bonchev–Trinajstić information content (AvgIpc) is 2.67. The molecule has 0 bridgehead atoms. The Labute approximate surface area is 161 Å². The predicted molar refractivity (Wildman–Crippen MR) is 118 cm³/mol. The van der Waals surface area contributed by atoms with E-state index < -0.39 is 0 Å². The number of thiol groups is 1. The van der Waals surface area contributed by atoms with Crippen molar-refractivity contribution in [1.82, 2.24) is 0 Å². The topological polar surface area (TPSA) is 0 Å². The van der Waals surface area contributed by atoms with E-state index in [1.165, 1.54) is 51.1 Å². The quantitative estimate of drug-likeness (QED) is 0.281. The van der Waals surface area contributed by atoms with E-state index in [0.29, 0.717) is 5.25 Å². The Morgan fingerprint density at radius 1 is 0.769 bits per heavy atom. The van der Waals surface area contributed by atoms with Crippen molar-refractivity contribution in [3.63, 3.8) is 0 Å². The summed E-state index contributed by atoms with van der Waals surface area (Å²) in [7, 11) is 0. The van der Waals surface area contributed by atoms with Crippen LogP contribution in [-0.4, -0.2) is 5.25 Å². The molecule has 1 atom stereocenters. The maximum absolute atomic E-state index is 4.71. The third kappa shape index (κ3) is 3.37. The summed E-state index contributed by atoms with van der Waals surface area (Å²) in [5, 5.41) is 5.67. The van der Waals surface area contributed by atoms with Gasteiger partial charge in [0.1, 0.15) is 0 Å². The lowest BCUT2D eigenvalue weighted by Gasteiger charge is -2.13. The second kappa shape index (κ2) is 7.55. The van der Waals surface area contributed by atoms with E-state index in [0.717, 1.165) is 6.42 Å². The first-order chi connectivity index (χ1) is 12.8. The highest BCUT2D eigenvalue weighted by atomic mass is 32.1. The van der Waals surface area contributed by atoms with Crippen LogP contribution in [0.3, 0.4) is 0 Å². The lowest BCUT2D eigenvalue weighted by Crippen LogP contribution is -2.02. The van der Waals surface area contributed by atoms with E-state index in [1.54, 1.807) is 0 Å². The van der Waals surface area contributed by atoms with Gasteiger partial charge in [0.2, 0.25) is 0 Å². The van der Waals surface area contributed by atoms with Crippen LogP contribution in [0.15, 0.2) is 78.9 Å². The second-order valence-corrected chi connectivity index (χ2v) is 7.77. The number of fused-ring (bicyclic) bond motifs is 2. The molecule has 0 aliphatic heterocycles.